The minimum atomic E-state index is -0.221. The van der Waals surface area contributed by atoms with Crippen LogP contribution in [0.3, 0.4) is 0 Å². The van der Waals surface area contributed by atoms with Crippen LogP contribution in [0.1, 0.15) is 31.1 Å². The van der Waals surface area contributed by atoms with Gasteiger partial charge in [0.05, 0.1) is 0 Å². The largest absolute Gasteiger partial charge is 0.336 e. The van der Waals surface area contributed by atoms with Gasteiger partial charge in [0, 0.05) is 31.8 Å². The van der Waals surface area contributed by atoms with E-state index in [1.807, 2.05) is 30.5 Å². The van der Waals surface area contributed by atoms with Crippen LogP contribution < -0.4 is 5.56 Å². The van der Waals surface area contributed by atoms with Gasteiger partial charge >= 0.3 is 5.56 Å². The zero-order valence-corrected chi connectivity index (χ0v) is 13.5. The van der Waals surface area contributed by atoms with Gasteiger partial charge < -0.3 is 4.98 Å². The third kappa shape index (κ3) is 2.18. The van der Waals surface area contributed by atoms with Crippen molar-refractivity contribution in [3.05, 3.63) is 52.1 Å². The molecule has 0 radical (unpaired) electrons. The fourth-order valence-corrected chi connectivity index (χ4v) is 2.83. The number of rotatable bonds is 4. The Morgan fingerprint density at radius 2 is 2.12 bits per heavy atom. The van der Waals surface area contributed by atoms with Crippen LogP contribution in [-0.2, 0) is 19.4 Å². The fourth-order valence-electron chi connectivity index (χ4n) is 2.83. The number of hydrogen-bond donors (Lipinski definition) is 1. The zero-order chi connectivity index (χ0) is 16.7. The predicted molar refractivity (Wildman–Crippen MR) is 89.0 cm³/mol. The maximum atomic E-state index is 12.7. The summed E-state index contributed by atoms with van der Waals surface area (Å²) in [7, 11) is 0. The Balaban J connectivity index is 1.93. The third-order valence-electron chi connectivity index (χ3n) is 4.01. The maximum Gasteiger partial charge on any atom is 0.301 e. The number of nitrogens with zero attached hydrogens (tertiary/aromatic N) is 6. The van der Waals surface area contributed by atoms with Crippen LogP contribution in [0.2, 0.25) is 0 Å². The smallest absolute Gasteiger partial charge is 0.301 e. The fraction of sp³-hybridized carbons (Fsp3) is 0.312. The van der Waals surface area contributed by atoms with Crippen molar-refractivity contribution >= 4 is 16.9 Å². The first kappa shape index (κ1) is 14.6. The summed E-state index contributed by atoms with van der Waals surface area (Å²) in [5.74, 6) is 1.89. The van der Waals surface area contributed by atoms with Gasteiger partial charge in [0.25, 0.3) is 0 Å². The third-order valence-corrected chi connectivity index (χ3v) is 4.01. The summed E-state index contributed by atoms with van der Waals surface area (Å²) in [6.45, 7) is 4.65. The lowest BCUT2D eigenvalue weighted by Gasteiger charge is -2.04. The molecule has 0 bridgehead atoms. The summed E-state index contributed by atoms with van der Waals surface area (Å²) in [4.78, 5) is 29.0. The molecule has 24 heavy (non-hydrogen) atoms. The standard InChI is InChI=1S/C16H17N7O/c1-3-11-18-13-14(19-11)22(4-2)16-20-12(21-23(16)15(13)24)8-10-6-5-7-17-9-10/h5-7,9H,3-4,8H2,1-2H3,(H,18,19). The van der Waals surface area contributed by atoms with E-state index in [9.17, 15) is 4.79 Å². The molecule has 0 fully saturated rings. The highest BCUT2D eigenvalue weighted by Gasteiger charge is 2.17. The van der Waals surface area contributed by atoms with Crippen LogP contribution in [0, 0.1) is 0 Å². The average molecular weight is 323 g/mol. The lowest BCUT2D eigenvalue weighted by Crippen LogP contribution is -2.19. The van der Waals surface area contributed by atoms with Crippen molar-refractivity contribution in [2.45, 2.75) is 33.2 Å². The molecule has 0 saturated heterocycles. The van der Waals surface area contributed by atoms with E-state index < -0.39 is 0 Å². The predicted octanol–water partition coefficient (Wildman–Crippen LogP) is 1.34. The highest BCUT2D eigenvalue weighted by Crippen LogP contribution is 2.13. The zero-order valence-electron chi connectivity index (χ0n) is 13.5. The number of aromatic amines is 1. The van der Waals surface area contributed by atoms with Gasteiger partial charge in [-0.05, 0) is 18.6 Å². The van der Waals surface area contributed by atoms with Gasteiger partial charge in [-0.3, -0.25) is 14.3 Å². The molecule has 0 amide bonds. The van der Waals surface area contributed by atoms with Crippen LogP contribution >= 0.6 is 0 Å². The quantitative estimate of drug-likeness (QED) is 0.611. The van der Waals surface area contributed by atoms with Crippen LogP contribution in [0.25, 0.3) is 16.9 Å². The van der Waals surface area contributed by atoms with E-state index in [-0.39, 0.29) is 5.56 Å². The van der Waals surface area contributed by atoms with Gasteiger partial charge in [-0.1, -0.05) is 13.0 Å². The van der Waals surface area contributed by atoms with Crippen molar-refractivity contribution in [2.75, 3.05) is 0 Å². The highest BCUT2D eigenvalue weighted by molar-refractivity contribution is 5.72. The van der Waals surface area contributed by atoms with Gasteiger partial charge in [-0.25, -0.2) is 4.98 Å². The van der Waals surface area contributed by atoms with Crippen molar-refractivity contribution in [2.24, 2.45) is 0 Å². The minimum Gasteiger partial charge on any atom is -0.336 e. The second kappa shape index (κ2) is 5.55. The molecule has 122 valence electrons. The van der Waals surface area contributed by atoms with Gasteiger partial charge in [-0.2, -0.15) is 9.50 Å². The summed E-state index contributed by atoms with van der Waals surface area (Å²) in [6.07, 6.45) is 4.76. The Bertz CT molecular complexity index is 1070. The molecule has 0 aromatic carbocycles. The van der Waals surface area contributed by atoms with Gasteiger partial charge in [0.2, 0.25) is 5.78 Å². The number of nitrogens with one attached hydrogen (secondary N) is 1. The van der Waals surface area contributed by atoms with E-state index in [1.54, 1.807) is 12.4 Å². The summed E-state index contributed by atoms with van der Waals surface area (Å²) in [5, 5.41) is 4.40. The molecule has 8 heteroatoms. The van der Waals surface area contributed by atoms with Crippen LogP contribution in [0.5, 0.6) is 0 Å². The van der Waals surface area contributed by atoms with E-state index in [0.29, 0.717) is 35.7 Å². The minimum absolute atomic E-state index is 0.221. The number of aryl methyl sites for hydroxylation is 2. The first-order valence-electron chi connectivity index (χ1n) is 7.97. The molecule has 4 aromatic rings. The van der Waals surface area contributed by atoms with Crippen molar-refractivity contribution in [1.29, 1.82) is 0 Å². The van der Waals surface area contributed by atoms with Crippen LogP contribution in [-0.4, -0.2) is 34.1 Å². The van der Waals surface area contributed by atoms with Crippen molar-refractivity contribution in [3.8, 4) is 0 Å². The monoisotopic (exact) mass is 323 g/mol. The normalized spacial score (nSPS) is 11.6. The van der Waals surface area contributed by atoms with Crippen molar-refractivity contribution < 1.29 is 0 Å². The Morgan fingerprint density at radius 3 is 2.83 bits per heavy atom. The number of pyridine rings is 1. The molecule has 0 unspecified atom stereocenters. The maximum absolute atomic E-state index is 12.7. The second-order valence-electron chi connectivity index (χ2n) is 5.56. The SMILES string of the molecule is CCc1nc2c([nH]1)c(=O)n1nc(Cc3cccnc3)nc1n2CC. The van der Waals surface area contributed by atoms with E-state index in [2.05, 4.69) is 25.0 Å². The molecule has 4 aromatic heterocycles. The highest BCUT2D eigenvalue weighted by atomic mass is 16.1. The molecule has 4 heterocycles. The molecule has 0 aliphatic heterocycles. The number of fused-ring (bicyclic) bond motifs is 2. The molecular weight excluding hydrogens is 306 g/mol. The van der Waals surface area contributed by atoms with E-state index in [0.717, 1.165) is 17.8 Å². The van der Waals surface area contributed by atoms with E-state index in [4.69, 9.17) is 0 Å². The number of H-pyrrole nitrogens is 1. The molecule has 0 aliphatic rings. The van der Waals surface area contributed by atoms with E-state index in [1.165, 1.54) is 4.52 Å². The molecule has 1 N–H and O–H groups in total. The Morgan fingerprint density at radius 1 is 1.25 bits per heavy atom. The summed E-state index contributed by atoms with van der Waals surface area (Å²) >= 11 is 0. The molecule has 8 nitrogen and oxygen atoms in total. The molecule has 0 aliphatic carbocycles. The molecule has 0 spiro atoms. The molecular formula is C16H17N7O. The first-order chi connectivity index (χ1) is 11.7. The number of imidazole rings is 1. The van der Waals surface area contributed by atoms with Crippen LogP contribution in [0.4, 0.5) is 0 Å². The lowest BCUT2D eigenvalue weighted by atomic mass is 10.2. The second-order valence-corrected chi connectivity index (χ2v) is 5.56. The molecule has 0 atom stereocenters. The van der Waals surface area contributed by atoms with Crippen molar-refractivity contribution in [1.82, 2.24) is 34.1 Å². The Kier molecular flexibility index (Phi) is 3.37. The topological polar surface area (TPSA) is 93.8 Å². The summed E-state index contributed by atoms with van der Waals surface area (Å²) in [5.41, 5.74) is 1.88. The molecule has 4 rings (SSSR count). The van der Waals surface area contributed by atoms with Crippen molar-refractivity contribution in [3.63, 3.8) is 0 Å². The Hall–Kier alpha value is -3.03. The Labute approximate surface area is 137 Å². The van der Waals surface area contributed by atoms with Crippen LogP contribution in [0.15, 0.2) is 29.3 Å². The first-order valence-corrected chi connectivity index (χ1v) is 7.97. The summed E-state index contributed by atoms with van der Waals surface area (Å²) < 4.78 is 3.27. The van der Waals surface area contributed by atoms with Gasteiger partial charge in [-0.15, -0.1) is 5.10 Å². The van der Waals surface area contributed by atoms with Gasteiger partial charge in [0.15, 0.2) is 17.0 Å². The molecule has 0 saturated carbocycles. The number of hydrogen-bond acceptors (Lipinski definition) is 5. The number of aromatic nitrogens is 7. The lowest BCUT2D eigenvalue weighted by molar-refractivity contribution is 0.756. The van der Waals surface area contributed by atoms with E-state index >= 15 is 0 Å². The summed E-state index contributed by atoms with van der Waals surface area (Å²) in [6, 6.07) is 3.83. The van der Waals surface area contributed by atoms with Gasteiger partial charge in [0.1, 0.15) is 5.82 Å². The average Bonchev–Trinajstić information content (AvgIpc) is 3.21.